The molecule has 1 aromatic rings. The van der Waals surface area contributed by atoms with Crippen molar-refractivity contribution in [1.82, 2.24) is 0 Å². The van der Waals surface area contributed by atoms with Crippen LogP contribution in [0.2, 0.25) is 0 Å². The predicted molar refractivity (Wildman–Crippen MR) is 63.5 cm³/mol. The Balaban J connectivity index is 2.67. The smallest absolute Gasteiger partial charge is 0.412 e. The average Bonchev–Trinajstić information content (AvgIpc) is 2.08. The highest BCUT2D eigenvalue weighted by atomic mass is 32.1. The first-order chi connectivity index (χ1) is 7.28. The second-order valence-electron chi connectivity index (χ2n) is 4.29. The topological polar surface area (TPSA) is 38.3 Å². The van der Waals surface area contributed by atoms with Crippen molar-refractivity contribution < 1.29 is 13.9 Å². The SMILES string of the molecule is CC(C)(C)OC(=O)Nc1ccc(F)c(S)c1. The summed E-state index contributed by atoms with van der Waals surface area (Å²) in [6.45, 7) is 5.30. The van der Waals surface area contributed by atoms with Crippen molar-refractivity contribution in [3.63, 3.8) is 0 Å². The number of amides is 1. The molecule has 0 aromatic heterocycles. The number of carbonyl (C=O) groups is 1. The van der Waals surface area contributed by atoms with E-state index in [-0.39, 0.29) is 4.90 Å². The van der Waals surface area contributed by atoms with Crippen LogP contribution in [0.15, 0.2) is 23.1 Å². The molecule has 3 nitrogen and oxygen atoms in total. The molecule has 0 atom stereocenters. The molecular weight excluding hydrogens is 229 g/mol. The summed E-state index contributed by atoms with van der Waals surface area (Å²) in [6.07, 6.45) is -0.577. The van der Waals surface area contributed by atoms with E-state index in [1.54, 1.807) is 20.8 Å². The van der Waals surface area contributed by atoms with Crippen LogP contribution in [0.3, 0.4) is 0 Å². The Morgan fingerprint density at radius 1 is 1.44 bits per heavy atom. The third kappa shape index (κ3) is 4.10. The summed E-state index contributed by atoms with van der Waals surface area (Å²) in [5, 5.41) is 2.49. The van der Waals surface area contributed by atoms with Crippen molar-refractivity contribution in [3.05, 3.63) is 24.0 Å². The van der Waals surface area contributed by atoms with Crippen molar-refractivity contribution in [1.29, 1.82) is 0 Å². The Bertz CT molecular complexity index is 401. The zero-order valence-corrected chi connectivity index (χ0v) is 10.3. The summed E-state index contributed by atoms with van der Waals surface area (Å²) < 4.78 is 17.9. The van der Waals surface area contributed by atoms with Crippen LogP contribution in [-0.4, -0.2) is 11.7 Å². The molecule has 0 heterocycles. The minimum absolute atomic E-state index is 0.175. The van der Waals surface area contributed by atoms with E-state index in [0.29, 0.717) is 5.69 Å². The van der Waals surface area contributed by atoms with Gasteiger partial charge in [-0.2, -0.15) is 0 Å². The molecule has 1 amide bonds. The van der Waals surface area contributed by atoms with Crippen LogP contribution in [0.5, 0.6) is 0 Å². The first-order valence-corrected chi connectivity index (χ1v) is 5.21. The lowest BCUT2D eigenvalue weighted by atomic mass is 10.2. The van der Waals surface area contributed by atoms with Gasteiger partial charge in [0.05, 0.1) is 0 Å². The number of carbonyl (C=O) groups excluding carboxylic acids is 1. The van der Waals surface area contributed by atoms with Gasteiger partial charge in [-0.3, -0.25) is 5.32 Å². The fourth-order valence-corrected chi connectivity index (χ4v) is 1.23. The largest absolute Gasteiger partial charge is 0.444 e. The number of anilines is 1. The maximum Gasteiger partial charge on any atom is 0.412 e. The Labute approximate surface area is 99.4 Å². The molecule has 0 aliphatic heterocycles. The van der Waals surface area contributed by atoms with Gasteiger partial charge in [0, 0.05) is 10.6 Å². The first kappa shape index (κ1) is 12.8. The highest BCUT2D eigenvalue weighted by molar-refractivity contribution is 7.80. The number of rotatable bonds is 1. The lowest BCUT2D eigenvalue weighted by Gasteiger charge is -2.19. The van der Waals surface area contributed by atoms with E-state index < -0.39 is 17.5 Å². The second kappa shape index (κ2) is 4.74. The van der Waals surface area contributed by atoms with Crippen LogP contribution in [0.1, 0.15) is 20.8 Å². The monoisotopic (exact) mass is 243 g/mol. The summed E-state index contributed by atoms with van der Waals surface area (Å²) in [5.41, 5.74) is -0.117. The Kier molecular flexibility index (Phi) is 3.80. The van der Waals surface area contributed by atoms with E-state index in [1.165, 1.54) is 18.2 Å². The summed E-state index contributed by atoms with van der Waals surface area (Å²) in [5.74, 6) is -0.432. The second-order valence-corrected chi connectivity index (χ2v) is 4.77. The number of benzene rings is 1. The van der Waals surface area contributed by atoms with Crippen molar-refractivity contribution >= 4 is 24.4 Å². The van der Waals surface area contributed by atoms with Crippen molar-refractivity contribution in [2.45, 2.75) is 31.3 Å². The highest BCUT2D eigenvalue weighted by Crippen LogP contribution is 2.18. The molecule has 1 rings (SSSR count). The maximum absolute atomic E-state index is 12.9. The Hall–Kier alpha value is -1.23. The lowest BCUT2D eigenvalue weighted by molar-refractivity contribution is 0.0636. The van der Waals surface area contributed by atoms with Crippen LogP contribution in [0.25, 0.3) is 0 Å². The lowest BCUT2D eigenvalue weighted by Crippen LogP contribution is -2.27. The normalized spacial score (nSPS) is 11.1. The van der Waals surface area contributed by atoms with E-state index in [4.69, 9.17) is 4.74 Å². The van der Waals surface area contributed by atoms with E-state index >= 15 is 0 Å². The molecule has 88 valence electrons. The van der Waals surface area contributed by atoms with Crippen LogP contribution >= 0.6 is 12.6 Å². The van der Waals surface area contributed by atoms with Gasteiger partial charge in [-0.05, 0) is 39.0 Å². The molecule has 0 spiro atoms. The summed E-state index contributed by atoms with van der Waals surface area (Å²) in [7, 11) is 0. The summed E-state index contributed by atoms with van der Waals surface area (Å²) >= 11 is 3.91. The van der Waals surface area contributed by atoms with E-state index in [1.807, 2.05) is 0 Å². The Morgan fingerprint density at radius 3 is 2.56 bits per heavy atom. The van der Waals surface area contributed by atoms with Crippen molar-refractivity contribution in [2.24, 2.45) is 0 Å². The number of nitrogens with one attached hydrogen (secondary N) is 1. The summed E-state index contributed by atoms with van der Waals surface area (Å²) in [4.78, 5) is 11.5. The Morgan fingerprint density at radius 2 is 2.06 bits per heavy atom. The maximum atomic E-state index is 12.9. The van der Waals surface area contributed by atoms with E-state index in [9.17, 15) is 9.18 Å². The van der Waals surface area contributed by atoms with Crippen molar-refractivity contribution in [2.75, 3.05) is 5.32 Å². The molecular formula is C11H14FNO2S. The van der Waals surface area contributed by atoms with Crippen LogP contribution in [0.4, 0.5) is 14.9 Å². The predicted octanol–water partition coefficient (Wildman–Crippen LogP) is 3.46. The third-order valence-electron chi connectivity index (χ3n) is 1.59. The minimum Gasteiger partial charge on any atom is -0.444 e. The van der Waals surface area contributed by atoms with Gasteiger partial charge in [0.15, 0.2) is 0 Å². The van der Waals surface area contributed by atoms with Gasteiger partial charge in [-0.1, -0.05) is 0 Å². The molecule has 0 bridgehead atoms. The molecule has 0 aliphatic rings. The van der Waals surface area contributed by atoms with Crippen LogP contribution in [-0.2, 0) is 4.74 Å². The highest BCUT2D eigenvalue weighted by Gasteiger charge is 2.16. The molecule has 1 aromatic carbocycles. The number of ether oxygens (including phenoxy) is 1. The first-order valence-electron chi connectivity index (χ1n) is 4.76. The fourth-order valence-electron chi connectivity index (χ4n) is 1.01. The van der Waals surface area contributed by atoms with E-state index in [0.717, 1.165) is 0 Å². The zero-order chi connectivity index (χ0) is 12.3. The number of hydrogen-bond acceptors (Lipinski definition) is 3. The minimum atomic E-state index is -0.577. The molecule has 0 fully saturated rings. The standard InChI is InChI=1S/C11H14FNO2S/c1-11(2,3)15-10(14)13-7-4-5-8(12)9(16)6-7/h4-6,16H,1-3H3,(H,13,14). The van der Waals surface area contributed by atoms with Crippen LogP contribution < -0.4 is 5.32 Å². The van der Waals surface area contributed by atoms with Gasteiger partial charge in [0.25, 0.3) is 0 Å². The van der Waals surface area contributed by atoms with Gasteiger partial charge < -0.3 is 4.74 Å². The van der Waals surface area contributed by atoms with Crippen molar-refractivity contribution in [3.8, 4) is 0 Å². The molecule has 0 saturated heterocycles. The molecule has 1 N–H and O–H groups in total. The number of halogens is 1. The molecule has 0 saturated carbocycles. The average molecular weight is 243 g/mol. The zero-order valence-electron chi connectivity index (χ0n) is 9.37. The molecule has 5 heteroatoms. The third-order valence-corrected chi connectivity index (χ3v) is 1.93. The van der Waals surface area contributed by atoms with Crippen LogP contribution in [0, 0.1) is 5.82 Å². The number of thiol groups is 1. The van der Waals surface area contributed by atoms with Gasteiger partial charge in [0.1, 0.15) is 11.4 Å². The molecule has 16 heavy (non-hydrogen) atoms. The van der Waals surface area contributed by atoms with Gasteiger partial charge in [0.2, 0.25) is 0 Å². The van der Waals surface area contributed by atoms with Gasteiger partial charge in [-0.25, -0.2) is 9.18 Å². The molecule has 0 radical (unpaired) electrons. The van der Waals surface area contributed by atoms with Gasteiger partial charge in [-0.15, -0.1) is 12.6 Å². The molecule has 0 aliphatic carbocycles. The quantitative estimate of drug-likeness (QED) is 0.741. The van der Waals surface area contributed by atoms with E-state index in [2.05, 4.69) is 17.9 Å². The summed E-state index contributed by atoms with van der Waals surface area (Å²) in [6, 6.07) is 4.09. The number of hydrogen-bond donors (Lipinski definition) is 2. The van der Waals surface area contributed by atoms with Gasteiger partial charge >= 0.3 is 6.09 Å². The molecule has 0 unspecified atom stereocenters. The fraction of sp³-hybridized carbons (Fsp3) is 0.364.